The van der Waals surface area contributed by atoms with Gasteiger partial charge in [0.2, 0.25) is 0 Å². The highest BCUT2D eigenvalue weighted by Gasteiger charge is 2.29. The Morgan fingerprint density at radius 3 is 2.05 bits per heavy atom. The zero-order valence-electron chi connectivity index (χ0n) is 10.2. The molecule has 0 aliphatic rings. The highest BCUT2D eigenvalue weighted by Crippen LogP contribution is 2.28. The summed E-state index contributed by atoms with van der Waals surface area (Å²) in [7, 11) is 0. The Labute approximate surface area is 128 Å². The van der Waals surface area contributed by atoms with Crippen LogP contribution in [0.15, 0.2) is 64.5 Å². The Kier molecular flexibility index (Phi) is 4.69. The van der Waals surface area contributed by atoms with Gasteiger partial charge in [-0.25, -0.2) is 0 Å². The number of halogens is 4. The molecule has 0 spiro atoms. The second kappa shape index (κ2) is 6.30. The van der Waals surface area contributed by atoms with Gasteiger partial charge in [-0.3, -0.25) is 0 Å². The quantitative estimate of drug-likeness (QED) is 0.621. The molecule has 0 fully saturated rings. The van der Waals surface area contributed by atoms with Gasteiger partial charge in [0.1, 0.15) is 5.75 Å². The molecule has 0 N–H and O–H groups in total. The van der Waals surface area contributed by atoms with Crippen molar-refractivity contribution in [2.45, 2.75) is 6.11 Å². The van der Waals surface area contributed by atoms with E-state index in [0.717, 1.165) is 33.7 Å². The van der Waals surface area contributed by atoms with E-state index in [1.165, 1.54) is 12.1 Å². The van der Waals surface area contributed by atoms with Gasteiger partial charge in [-0.15, -0.1) is 0 Å². The van der Waals surface area contributed by atoms with Crippen molar-refractivity contribution in [3.8, 4) is 16.9 Å². The molecule has 0 saturated carbocycles. The van der Waals surface area contributed by atoms with Gasteiger partial charge >= 0.3 is 6.11 Å². The van der Waals surface area contributed by atoms with Gasteiger partial charge in [-0.05, 0) is 45.9 Å². The summed E-state index contributed by atoms with van der Waals surface area (Å²) in [6, 6.07) is 15.7. The average Bonchev–Trinajstić information content (AvgIpc) is 2.38. The van der Waals surface area contributed by atoms with Gasteiger partial charge in [0.05, 0.1) is 6.08 Å². The molecule has 20 heavy (non-hydrogen) atoms. The SMILES string of the molecule is F/C(I)=C/C(F)(F)Oc1ccc(-c2ccccc2)cc1. The zero-order chi connectivity index (χ0) is 14.6. The summed E-state index contributed by atoms with van der Waals surface area (Å²) in [4.78, 5) is 0. The second-order valence-electron chi connectivity index (χ2n) is 3.99. The molecule has 0 bridgehead atoms. The maximum atomic E-state index is 13.2. The number of alkyl halides is 2. The largest absolute Gasteiger partial charge is 0.429 e. The Morgan fingerprint density at radius 2 is 1.50 bits per heavy atom. The van der Waals surface area contributed by atoms with Crippen LogP contribution >= 0.6 is 22.6 Å². The number of hydrogen-bond acceptors (Lipinski definition) is 1. The zero-order valence-corrected chi connectivity index (χ0v) is 12.4. The maximum Gasteiger partial charge on any atom is 0.423 e. The fraction of sp³-hybridized carbons (Fsp3) is 0.0667. The van der Waals surface area contributed by atoms with Crippen LogP contribution in [0, 0.1) is 0 Å². The second-order valence-corrected chi connectivity index (χ2v) is 5.02. The summed E-state index contributed by atoms with van der Waals surface area (Å²) in [6.45, 7) is 0. The lowest BCUT2D eigenvalue weighted by atomic mass is 10.1. The molecule has 0 aromatic heterocycles. The van der Waals surface area contributed by atoms with E-state index in [9.17, 15) is 13.2 Å². The van der Waals surface area contributed by atoms with E-state index in [2.05, 4.69) is 4.74 Å². The van der Waals surface area contributed by atoms with E-state index in [0.29, 0.717) is 0 Å². The molecule has 0 saturated heterocycles. The number of rotatable bonds is 4. The van der Waals surface area contributed by atoms with Crippen molar-refractivity contribution in [1.29, 1.82) is 0 Å². The van der Waals surface area contributed by atoms with Gasteiger partial charge < -0.3 is 4.74 Å². The Morgan fingerprint density at radius 1 is 0.950 bits per heavy atom. The summed E-state index contributed by atoms with van der Waals surface area (Å²) in [5, 5.41) is 0. The van der Waals surface area contributed by atoms with Crippen LogP contribution in [-0.2, 0) is 0 Å². The van der Waals surface area contributed by atoms with Crippen LogP contribution in [-0.4, -0.2) is 6.11 Å². The van der Waals surface area contributed by atoms with Gasteiger partial charge in [-0.2, -0.15) is 13.2 Å². The van der Waals surface area contributed by atoms with Crippen LogP contribution in [0.1, 0.15) is 0 Å². The van der Waals surface area contributed by atoms with E-state index in [1.54, 1.807) is 12.1 Å². The lowest BCUT2D eigenvalue weighted by Crippen LogP contribution is -2.21. The van der Waals surface area contributed by atoms with E-state index < -0.39 is 9.94 Å². The van der Waals surface area contributed by atoms with Crippen LogP contribution in [0.25, 0.3) is 11.1 Å². The van der Waals surface area contributed by atoms with Crippen molar-refractivity contribution in [3.05, 3.63) is 64.5 Å². The molecule has 2 aromatic rings. The summed E-state index contributed by atoms with van der Waals surface area (Å²) >= 11 is 1.16. The summed E-state index contributed by atoms with van der Waals surface area (Å²) in [6.07, 6.45) is -3.54. The third kappa shape index (κ3) is 4.26. The minimum atomic E-state index is -3.67. The minimum absolute atomic E-state index is 0.0245. The molecular formula is C15H10F3IO. The topological polar surface area (TPSA) is 9.23 Å². The highest BCUT2D eigenvalue weighted by atomic mass is 127. The summed E-state index contributed by atoms with van der Waals surface area (Å²) in [5.41, 5.74) is 1.86. The van der Waals surface area contributed by atoms with E-state index in [1.807, 2.05) is 30.3 Å². The lowest BCUT2D eigenvalue weighted by molar-refractivity contribution is -0.132. The van der Waals surface area contributed by atoms with E-state index >= 15 is 0 Å². The van der Waals surface area contributed by atoms with Crippen molar-refractivity contribution >= 4 is 22.6 Å². The Bertz CT molecular complexity index is 590. The molecule has 2 rings (SSSR count). The molecule has 0 radical (unpaired) electrons. The van der Waals surface area contributed by atoms with Crippen LogP contribution < -0.4 is 4.74 Å². The number of ether oxygens (including phenoxy) is 1. The van der Waals surface area contributed by atoms with Gasteiger partial charge in [0.25, 0.3) is 0 Å². The molecule has 0 atom stereocenters. The molecular weight excluding hydrogens is 380 g/mol. The van der Waals surface area contributed by atoms with Crippen molar-refractivity contribution in [1.82, 2.24) is 0 Å². The van der Waals surface area contributed by atoms with Gasteiger partial charge in [0, 0.05) is 0 Å². The lowest BCUT2D eigenvalue weighted by Gasteiger charge is -2.14. The van der Waals surface area contributed by atoms with Crippen LogP contribution in [0.2, 0.25) is 0 Å². The average molecular weight is 390 g/mol. The first-order valence-electron chi connectivity index (χ1n) is 5.72. The molecule has 2 aromatic carbocycles. The fourth-order valence-corrected chi connectivity index (χ4v) is 2.02. The third-order valence-corrected chi connectivity index (χ3v) is 2.80. The standard InChI is InChI=1S/C15H10F3IO/c16-14(19)10-15(17,18)20-13-8-6-12(7-9-13)11-4-2-1-3-5-11/h1-10H/b14-10-. The minimum Gasteiger partial charge on any atom is -0.429 e. The molecule has 0 unspecified atom stereocenters. The van der Waals surface area contributed by atoms with E-state index in [-0.39, 0.29) is 11.8 Å². The number of benzene rings is 2. The first-order valence-corrected chi connectivity index (χ1v) is 6.80. The van der Waals surface area contributed by atoms with Crippen LogP contribution in [0.3, 0.4) is 0 Å². The smallest absolute Gasteiger partial charge is 0.423 e. The molecule has 5 heteroatoms. The van der Waals surface area contributed by atoms with Crippen LogP contribution in [0.4, 0.5) is 13.2 Å². The molecule has 104 valence electrons. The molecule has 0 amide bonds. The van der Waals surface area contributed by atoms with Crippen molar-refractivity contribution in [3.63, 3.8) is 0 Å². The first kappa shape index (κ1) is 14.9. The summed E-state index contributed by atoms with van der Waals surface area (Å²) in [5.74, 6) is -0.0245. The first-order chi connectivity index (χ1) is 9.46. The summed E-state index contributed by atoms with van der Waals surface area (Å²) < 4.78 is 42.4. The number of hydrogen-bond donors (Lipinski definition) is 0. The van der Waals surface area contributed by atoms with Crippen molar-refractivity contribution < 1.29 is 17.9 Å². The van der Waals surface area contributed by atoms with Gasteiger partial charge in [0.15, 0.2) is 3.83 Å². The Balaban J connectivity index is 2.15. The van der Waals surface area contributed by atoms with Gasteiger partial charge in [-0.1, -0.05) is 42.5 Å². The fourth-order valence-electron chi connectivity index (χ4n) is 1.66. The maximum absolute atomic E-state index is 13.2. The third-order valence-electron chi connectivity index (χ3n) is 2.49. The highest BCUT2D eigenvalue weighted by molar-refractivity contribution is 14.1. The normalized spacial score (nSPS) is 12.3. The molecule has 0 aliphatic heterocycles. The predicted molar refractivity (Wildman–Crippen MR) is 80.7 cm³/mol. The predicted octanol–water partition coefficient (Wildman–Crippen LogP) is 5.57. The molecule has 1 nitrogen and oxygen atoms in total. The monoisotopic (exact) mass is 390 g/mol. The van der Waals surface area contributed by atoms with Crippen molar-refractivity contribution in [2.75, 3.05) is 0 Å². The van der Waals surface area contributed by atoms with E-state index in [4.69, 9.17) is 0 Å². The Hall–Kier alpha value is -1.50. The molecule has 0 heterocycles. The van der Waals surface area contributed by atoms with Crippen LogP contribution in [0.5, 0.6) is 5.75 Å². The van der Waals surface area contributed by atoms with Crippen molar-refractivity contribution in [2.24, 2.45) is 0 Å². The molecule has 0 aliphatic carbocycles.